The first-order valence-corrected chi connectivity index (χ1v) is 13.2. The second kappa shape index (κ2) is 9.94. The van der Waals surface area contributed by atoms with Gasteiger partial charge in [0, 0.05) is 29.7 Å². The van der Waals surface area contributed by atoms with Gasteiger partial charge in [0.1, 0.15) is 5.01 Å². The predicted octanol–water partition coefficient (Wildman–Crippen LogP) is 4.86. The van der Waals surface area contributed by atoms with Gasteiger partial charge in [0.2, 0.25) is 15.9 Å². The average Bonchev–Trinajstić information content (AvgIpc) is 3.06. The number of aromatic nitrogens is 1. The first-order valence-electron chi connectivity index (χ1n) is 10.8. The molecule has 0 saturated carbocycles. The summed E-state index contributed by atoms with van der Waals surface area (Å²) in [6.07, 6.45) is 4.19. The molecule has 1 saturated heterocycles. The number of sulfonamides is 1. The normalized spacial score (nSPS) is 15.3. The lowest BCUT2D eigenvalue weighted by Crippen LogP contribution is -2.31. The third-order valence-electron chi connectivity index (χ3n) is 5.64. The van der Waals surface area contributed by atoms with Crippen molar-refractivity contribution in [1.82, 2.24) is 9.29 Å². The second-order valence-electron chi connectivity index (χ2n) is 8.01. The molecule has 1 aliphatic heterocycles. The summed E-state index contributed by atoms with van der Waals surface area (Å²) in [5.41, 5.74) is 3.39. The van der Waals surface area contributed by atoms with Crippen molar-refractivity contribution < 1.29 is 13.2 Å². The lowest BCUT2D eigenvalue weighted by molar-refractivity contribution is -0.115. The van der Waals surface area contributed by atoms with Gasteiger partial charge < -0.3 is 5.32 Å². The van der Waals surface area contributed by atoms with E-state index >= 15 is 0 Å². The Morgan fingerprint density at radius 3 is 2.41 bits per heavy atom. The van der Waals surface area contributed by atoms with Gasteiger partial charge in [0.05, 0.1) is 17.0 Å². The van der Waals surface area contributed by atoms with E-state index in [0.717, 1.165) is 48.2 Å². The highest BCUT2D eigenvalue weighted by Gasteiger charge is 2.25. The minimum absolute atomic E-state index is 0.112. The third-order valence-corrected chi connectivity index (χ3v) is 8.40. The zero-order valence-corrected chi connectivity index (χ0v) is 19.7. The summed E-state index contributed by atoms with van der Waals surface area (Å²) in [7, 11) is -3.47. The van der Waals surface area contributed by atoms with Crippen LogP contribution in [-0.2, 0) is 21.2 Å². The average molecular weight is 470 g/mol. The van der Waals surface area contributed by atoms with Crippen LogP contribution in [0, 0.1) is 6.92 Å². The lowest BCUT2D eigenvalue weighted by Gasteiger charge is -2.19. The van der Waals surface area contributed by atoms with Gasteiger partial charge in [-0.1, -0.05) is 43.2 Å². The van der Waals surface area contributed by atoms with Gasteiger partial charge in [0.15, 0.2) is 0 Å². The lowest BCUT2D eigenvalue weighted by atomic mass is 10.2. The Kier molecular flexibility index (Phi) is 7.03. The van der Waals surface area contributed by atoms with Crippen LogP contribution in [0.15, 0.2) is 58.8 Å². The summed E-state index contributed by atoms with van der Waals surface area (Å²) in [5.74, 6) is -0.112. The van der Waals surface area contributed by atoms with E-state index in [0.29, 0.717) is 23.0 Å². The van der Waals surface area contributed by atoms with Crippen LogP contribution in [0.5, 0.6) is 0 Å². The fraction of sp³-hybridized carbons (Fsp3) is 0.333. The fourth-order valence-corrected chi connectivity index (χ4v) is 6.12. The van der Waals surface area contributed by atoms with Crippen molar-refractivity contribution in [2.24, 2.45) is 0 Å². The minimum Gasteiger partial charge on any atom is -0.325 e. The number of benzene rings is 2. The van der Waals surface area contributed by atoms with E-state index in [1.54, 1.807) is 28.6 Å². The molecule has 0 spiro atoms. The number of amides is 1. The van der Waals surface area contributed by atoms with Crippen LogP contribution in [0.2, 0.25) is 0 Å². The van der Waals surface area contributed by atoms with Crippen molar-refractivity contribution in [1.29, 1.82) is 0 Å². The molecule has 3 aromatic rings. The quantitative estimate of drug-likeness (QED) is 0.559. The van der Waals surface area contributed by atoms with Gasteiger partial charge in [-0.05, 0) is 43.5 Å². The summed E-state index contributed by atoms with van der Waals surface area (Å²) < 4.78 is 27.5. The van der Waals surface area contributed by atoms with Gasteiger partial charge in [0.25, 0.3) is 0 Å². The van der Waals surface area contributed by atoms with Crippen molar-refractivity contribution in [2.75, 3.05) is 18.4 Å². The molecule has 1 amide bonds. The summed E-state index contributed by atoms with van der Waals surface area (Å²) in [5, 5.41) is 5.54. The molecule has 0 aliphatic carbocycles. The maximum atomic E-state index is 13.0. The largest absolute Gasteiger partial charge is 0.325 e. The zero-order valence-electron chi connectivity index (χ0n) is 18.1. The molecule has 1 aromatic heterocycles. The van der Waals surface area contributed by atoms with Gasteiger partial charge in [-0.2, -0.15) is 4.31 Å². The van der Waals surface area contributed by atoms with Gasteiger partial charge in [-0.25, -0.2) is 13.4 Å². The topological polar surface area (TPSA) is 79.4 Å². The van der Waals surface area contributed by atoms with E-state index in [9.17, 15) is 13.2 Å². The number of carbonyl (C=O) groups is 1. The minimum atomic E-state index is -3.47. The Morgan fingerprint density at radius 2 is 1.72 bits per heavy atom. The van der Waals surface area contributed by atoms with E-state index in [4.69, 9.17) is 0 Å². The molecule has 32 heavy (non-hydrogen) atoms. The van der Waals surface area contributed by atoms with Gasteiger partial charge in [-0.15, -0.1) is 11.3 Å². The van der Waals surface area contributed by atoms with Gasteiger partial charge in [-0.3, -0.25) is 4.79 Å². The Bertz CT molecular complexity index is 1180. The number of hydrogen-bond acceptors (Lipinski definition) is 5. The number of nitrogens with zero attached hydrogens (tertiary/aromatic N) is 2. The number of carbonyl (C=O) groups excluding carboxylic acids is 1. The Labute approximate surface area is 193 Å². The predicted molar refractivity (Wildman–Crippen MR) is 128 cm³/mol. The molecule has 8 heteroatoms. The van der Waals surface area contributed by atoms with Crippen LogP contribution in [0.4, 0.5) is 5.69 Å². The van der Waals surface area contributed by atoms with E-state index in [1.807, 2.05) is 36.6 Å². The number of thiazole rings is 1. The van der Waals surface area contributed by atoms with E-state index in [2.05, 4.69) is 10.3 Å². The van der Waals surface area contributed by atoms with Crippen molar-refractivity contribution in [3.8, 4) is 11.3 Å². The number of rotatable bonds is 6. The summed E-state index contributed by atoms with van der Waals surface area (Å²) in [6, 6.07) is 14.5. The molecule has 0 unspecified atom stereocenters. The smallest absolute Gasteiger partial charge is 0.243 e. The molecule has 2 aromatic carbocycles. The Balaban J connectivity index is 1.43. The van der Waals surface area contributed by atoms with Crippen LogP contribution in [0.1, 0.15) is 36.3 Å². The zero-order chi connectivity index (χ0) is 22.6. The van der Waals surface area contributed by atoms with Crippen LogP contribution >= 0.6 is 11.3 Å². The highest BCUT2D eigenvalue weighted by Crippen LogP contribution is 2.26. The fourth-order valence-electron chi connectivity index (χ4n) is 3.80. The summed E-state index contributed by atoms with van der Waals surface area (Å²) >= 11 is 1.42. The molecule has 6 nitrogen and oxygen atoms in total. The van der Waals surface area contributed by atoms with Crippen molar-refractivity contribution in [2.45, 2.75) is 43.9 Å². The first-order chi connectivity index (χ1) is 15.4. The number of hydrogen-bond donors (Lipinski definition) is 1. The molecule has 0 bridgehead atoms. The standard InChI is InChI=1S/C24H27N3O3S2/c1-18-8-4-5-9-21(18)25-23(28)16-24-26-22(17-31-24)19-10-12-20(13-11-19)32(29,30)27-14-6-2-3-7-15-27/h4-5,8-13,17H,2-3,6-7,14-16H2,1H3,(H,25,28). The molecular formula is C24H27N3O3S2. The second-order valence-corrected chi connectivity index (χ2v) is 10.9. The highest BCUT2D eigenvalue weighted by molar-refractivity contribution is 7.89. The van der Waals surface area contributed by atoms with Crippen LogP contribution in [-0.4, -0.2) is 36.7 Å². The molecule has 168 valence electrons. The third kappa shape index (κ3) is 5.26. The van der Waals surface area contributed by atoms with Crippen LogP contribution < -0.4 is 5.32 Å². The molecule has 0 atom stereocenters. The van der Waals surface area contributed by atoms with Crippen LogP contribution in [0.25, 0.3) is 11.3 Å². The number of para-hydroxylation sites is 1. The number of nitrogens with one attached hydrogen (secondary N) is 1. The molecule has 4 rings (SSSR count). The molecule has 1 fully saturated rings. The van der Waals surface area contributed by atoms with E-state index in [-0.39, 0.29) is 12.3 Å². The summed E-state index contributed by atoms with van der Waals surface area (Å²) in [6.45, 7) is 3.13. The molecule has 2 heterocycles. The molecule has 0 radical (unpaired) electrons. The number of aryl methyl sites for hydroxylation is 1. The maximum absolute atomic E-state index is 13.0. The van der Waals surface area contributed by atoms with E-state index in [1.165, 1.54) is 11.3 Å². The van der Waals surface area contributed by atoms with E-state index < -0.39 is 10.0 Å². The first kappa shape index (κ1) is 22.6. The van der Waals surface area contributed by atoms with Crippen molar-refractivity contribution >= 4 is 33.0 Å². The Hall–Kier alpha value is -2.55. The monoisotopic (exact) mass is 469 g/mol. The molecule has 1 N–H and O–H groups in total. The SMILES string of the molecule is Cc1ccccc1NC(=O)Cc1nc(-c2ccc(S(=O)(=O)N3CCCCCC3)cc2)cs1. The Morgan fingerprint density at radius 1 is 1.03 bits per heavy atom. The highest BCUT2D eigenvalue weighted by atomic mass is 32.2. The summed E-state index contributed by atoms with van der Waals surface area (Å²) in [4.78, 5) is 17.3. The van der Waals surface area contributed by atoms with Crippen LogP contribution in [0.3, 0.4) is 0 Å². The van der Waals surface area contributed by atoms with Crippen molar-refractivity contribution in [3.05, 3.63) is 64.5 Å². The van der Waals surface area contributed by atoms with Crippen molar-refractivity contribution in [3.63, 3.8) is 0 Å². The maximum Gasteiger partial charge on any atom is 0.243 e. The molecular weight excluding hydrogens is 442 g/mol. The van der Waals surface area contributed by atoms with Gasteiger partial charge >= 0.3 is 0 Å². The number of anilines is 1. The molecule has 1 aliphatic rings.